The Morgan fingerprint density at radius 3 is 2.27 bits per heavy atom. The van der Waals surface area contributed by atoms with Crippen LogP contribution in [0.4, 0.5) is 0 Å². The fourth-order valence-electron chi connectivity index (χ4n) is 3.41. The molecule has 0 aromatic rings. The lowest BCUT2D eigenvalue weighted by molar-refractivity contribution is 0.0846. The smallest absolute Gasteiger partial charge is 0.00698 e. The molecule has 1 saturated carbocycles. The van der Waals surface area contributed by atoms with Crippen molar-refractivity contribution in [2.45, 2.75) is 70.5 Å². The van der Waals surface area contributed by atoms with Gasteiger partial charge in [-0.1, -0.05) is 6.42 Å². The first-order chi connectivity index (χ1) is 7.16. The van der Waals surface area contributed by atoms with Crippen molar-refractivity contribution in [3.8, 4) is 0 Å². The van der Waals surface area contributed by atoms with Gasteiger partial charge in [0.2, 0.25) is 0 Å². The highest BCUT2D eigenvalue weighted by Gasteiger charge is 2.29. The van der Waals surface area contributed by atoms with Gasteiger partial charge in [-0.2, -0.15) is 0 Å². The zero-order valence-electron chi connectivity index (χ0n) is 10.3. The van der Waals surface area contributed by atoms with Crippen LogP contribution in [0, 0.1) is 5.92 Å². The summed E-state index contributed by atoms with van der Waals surface area (Å²) in [5.41, 5.74) is 5.98. The van der Waals surface area contributed by atoms with Crippen LogP contribution in [0.5, 0.6) is 0 Å². The third-order valence-corrected chi connectivity index (χ3v) is 4.43. The standard InChI is InChI=1S/C13H26N2/c1-10-4-3-5-11(2)15(10)9-12-6-7-13(14)8-12/h10-13H,3-9,14H2,1-2H3/t10-,11+,12?,13?. The molecule has 2 unspecified atom stereocenters. The molecule has 88 valence electrons. The Balaban J connectivity index is 1.86. The number of hydrogen-bond acceptors (Lipinski definition) is 2. The van der Waals surface area contributed by atoms with E-state index >= 15 is 0 Å². The van der Waals surface area contributed by atoms with Gasteiger partial charge in [0.1, 0.15) is 0 Å². The molecule has 1 heterocycles. The second-order valence-corrected chi connectivity index (χ2v) is 5.76. The maximum absolute atomic E-state index is 5.98. The fourth-order valence-corrected chi connectivity index (χ4v) is 3.41. The largest absolute Gasteiger partial charge is 0.328 e. The number of nitrogens with two attached hydrogens (primary N) is 1. The van der Waals surface area contributed by atoms with E-state index in [4.69, 9.17) is 5.73 Å². The van der Waals surface area contributed by atoms with E-state index < -0.39 is 0 Å². The van der Waals surface area contributed by atoms with Crippen molar-refractivity contribution in [1.82, 2.24) is 4.90 Å². The van der Waals surface area contributed by atoms with Crippen LogP contribution in [0.3, 0.4) is 0 Å². The number of hydrogen-bond donors (Lipinski definition) is 1. The number of piperidine rings is 1. The summed E-state index contributed by atoms with van der Waals surface area (Å²) < 4.78 is 0. The van der Waals surface area contributed by atoms with Gasteiger partial charge in [0.05, 0.1) is 0 Å². The van der Waals surface area contributed by atoms with E-state index in [1.165, 1.54) is 45.1 Å². The normalized spacial score (nSPS) is 43.4. The minimum absolute atomic E-state index is 0.491. The summed E-state index contributed by atoms with van der Waals surface area (Å²) in [6.07, 6.45) is 8.07. The second kappa shape index (κ2) is 4.84. The van der Waals surface area contributed by atoms with Crippen molar-refractivity contribution in [3.63, 3.8) is 0 Å². The molecular weight excluding hydrogens is 184 g/mol. The molecule has 0 radical (unpaired) electrons. The summed E-state index contributed by atoms with van der Waals surface area (Å²) in [5, 5.41) is 0. The fraction of sp³-hybridized carbons (Fsp3) is 1.00. The molecule has 2 N–H and O–H groups in total. The predicted molar refractivity (Wildman–Crippen MR) is 64.8 cm³/mol. The SMILES string of the molecule is C[C@@H]1CCC[C@H](C)N1CC1CCC(N)C1. The third-order valence-electron chi connectivity index (χ3n) is 4.43. The molecule has 0 amide bonds. The molecule has 2 heteroatoms. The van der Waals surface area contributed by atoms with Crippen molar-refractivity contribution in [3.05, 3.63) is 0 Å². The molecule has 15 heavy (non-hydrogen) atoms. The molecule has 0 bridgehead atoms. The molecule has 0 aromatic carbocycles. The number of nitrogens with zero attached hydrogens (tertiary/aromatic N) is 1. The average Bonchev–Trinajstić information content (AvgIpc) is 2.58. The highest BCUT2D eigenvalue weighted by Crippen LogP contribution is 2.29. The highest BCUT2D eigenvalue weighted by atomic mass is 15.2. The second-order valence-electron chi connectivity index (χ2n) is 5.76. The van der Waals surface area contributed by atoms with Crippen LogP contribution < -0.4 is 5.73 Å². The van der Waals surface area contributed by atoms with E-state index in [-0.39, 0.29) is 0 Å². The lowest BCUT2D eigenvalue weighted by Crippen LogP contribution is -2.45. The van der Waals surface area contributed by atoms with Crippen LogP contribution in [-0.2, 0) is 0 Å². The van der Waals surface area contributed by atoms with Crippen molar-refractivity contribution >= 4 is 0 Å². The lowest BCUT2D eigenvalue weighted by atomic mass is 9.95. The van der Waals surface area contributed by atoms with Crippen molar-refractivity contribution < 1.29 is 0 Å². The Labute approximate surface area is 94.2 Å². The van der Waals surface area contributed by atoms with Crippen LogP contribution in [0.15, 0.2) is 0 Å². The molecule has 1 aliphatic heterocycles. The lowest BCUT2D eigenvalue weighted by Gasteiger charge is -2.40. The van der Waals surface area contributed by atoms with Gasteiger partial charge in [-0.05, 0) is 51.9 Å². The zero-order valence-corrected chi connectivity index (χ0v) is 10.3. The molecule has 1 aliphatic carbocycles. The summed E-state index contributed by atoms with van der Waals surface area (Å²) >= 11 is 0. The quantitative estimate of drug-likeness (QED) is 0.758. The molecule has 2 nitrogen and oxygen atoms in total. The van der Waals surface area contributed by atoms with Crippen LogP contribution >= 0.6 is 0 Å². The van der Waals surface area contributed by atoms with E-state index in [1.54, 1.807) is 0 Å². The summed E-state index contributed by atoms with van der Waals surface area (Å²) in [7, 11) is 0. The Hall–Kier alpha value is -0.0800. The first-order valence-electron chi connectivity index (χ1n) is 6.68. The summed E-state index contributed by atoms with van der Waals surface area (Å²) in [5.74, 6) is 0.878. The van der Waals surface area contributed by atoms with Crippen LogP contribution in [0.1, 0.15) is 52.4 Å². The van der Waals surface area contributed by atoms with E-state index in [0.717, 1.165) is 18.0 Å². The summed E-state index contributed by atoms with van der Waals surface area (Å²) in [4.78, 5) is 2.73. The minimum Gasteiger partial charge on any atom is -0.328 e. The Morgan fingerprint density at radius 1 is 1.07 bits per heavy atom. The van der Waals surface area contributed by atoms with Gasteiger partial charge >= 0.3 is 0 Å². The highest BCUT2D eigenvalue weighted by molar-refractivity contribution is 4.85. The van der Waals surface area contributed by atoms with Crippen molar-refractivity contribution in [2.75, 3.05) is 6.54 Å². The molecule has 2 rings (SSSR count). The molecule has 0 spiro atoms. The topological polar surface area (TPSA) is 29.3 Å². The van der Waals surface area contributed by atoms with Crippen LogP contribution in [-0.4, -0.2) is 29.6 Å². The molecular formula is C13H26N2. The van der Waals surface area contributed by atoms with Gasteiger partial charge in [0, 0.05) is 24.7 Å². The summed E-state index contributed by atoms with van der Waals surface area (Å²) in [6.45, 7) is 6.09. The van der Waals surface area contributed by atoms with Gasteiger partial charge in [-0.15, -0.1) is 0 Å². The Bertz CT molecular complexity index is 195. The summed E-state index contributed by atoms with van der Waals surface area (Å²) in [6, 6.07) is 2.08. The Kier molecular flexibility index (Phi) is 3.68. The van der Waals surface area contributed by atoms with E-state index in [1.807, 2.05) is 0 Å². The molecule has 0 aromatic heterocycles. The third kappa shape index (κ3) is 2.73. The predicted octanol–water partition coefficient (Wildman–Crippen LogP) is 2.38. The van der Waals surface area contributed by atoms with Gasteiger partial charge in [0.15, 0.2) is 0 Å². The maximum Gasteiger partial charge on any atom is 0.00698 e. The van der Waals surface area contributed by atoms with E-state index in [9.17, 15) is 0 Å². The minimum atomic E-state index is 0.491. The van der Waals surface area contributed by atoms with Crippen molar-refractivity contribution in [1.29, 1.82) is 0 Å². The first-order valence-corrected chi connectivity index (χ1v) is 6.68. The zero-order chi connectivity index (χ0) is 10.8. The molecule has 4 atom stereocenters. The van der Waals surface area contributed by atoms with Gasteiger partial charge in [-0.25, -0.2) is 0 Å². The molecule has 2 fully saturated rings. The first kappa shape index (κ1) is 11.4. The Morgan fingerprint density at radius 2 is 1.73 bits per heavy atom. The maximum atomic E-state index is 5.98. The molecule has 2 aliphatic rings. The van der Waals surface area contributed by atoms with E-state index in [0.29, 0.717) is 6.04 Å². The van der Waals surface area contributed by atoms with Gasteiger partial charge in [0.25, 0.3) is 0 Å². The van der Waals surface area contributed by atoms with Crippen LogP contribution in [0.2, 0.25) is 0 Å². The number of likely N-dealkylation sites (tertiary alicyclic amines) is 1. The van der Waals surface area contributed by atoms with Crippen molar-refractivity contribution in [2.24, 2.45) is 11.7 Å². The average molecular weight is 210 g/mol. The molecule has 1 saturated heterocycles. The van der Waals surface area contributed by atoms with Gasteiger partial charge in [-0.3, -0.25) is 4.90 Å². The van der Waals surface area contributed by atoms with E-state index in [2.05, 4.69) is 18.7 Å². The van der Waals surface area contributed by atoms with Crippen LogP contribution in [0.25, 0.3) is 0 Å². The van der Waals surface area contributed by atoms with Gasteiger partial charge < -0.3 is 5.73 Å². The monoisotopic (exact) mass is 210 g/mol. The number of rotatable bonds is 2.